The number of rotatable bonds is 4. The minimum absolute atomic E-state index is 0.0804. The summed E-state index contributed by atoms with van der Waals surface area (Å²) in [6.07, 6.45) is 2.29. The Morgan fingerprint density at radius 3 is 3.04 bits per heavy atom. The molecule has 2 aromatic rings. The van der Waals surface area contributed by atoms with Crippen molar-refractivity contribution >= 4 is 16.9 Å². The molecule has 1 fully saturated rings. The van der Waals surface area contributed by atoms with Crippen molar-refractivity contribution in [3.8, 4) is 0 Å². The molecule has 1 aliphatic rings. The lowest BCUT2D eigenvalue weighted by atomic mass is 9.98. The van der Waals surface area contributed by atoms with Crippen LogP contribution in [-0.4, -0.2) is 37.0 Å². The number of piperidine rings is 1. The van der Waals surface area contributed by atoms with Crippen molar-refractivity contribution < 1.29 is 9.21 Å². The molecule has 3 rings (SSSR count). The minimum Gasteiger partial charge on any atom is -0.451 e. The number of fused-ring (bicyclic) bond motifs is 1. The summed E-state index contributed by atoms with van der Waals surface area (Å²) in [5.41, 5.74) is 0.256. The highest BCUT2D eigenvalue weighted by molar-refractivity contribution is 5.93. The molecule has 23 heavy (non-hydrogen) atoms. The zero-order valence-electron chi connectivity index (χ0n) is 13.4. The lowest BCUT2D eigenvalue weighted by Gasteiger charge is -2.31. The molecule has 0 bridgehead atoms. The summed E-state index contributed by atoms with van der Waals surface area (Å²) in [6.45, 7) is 5.97. The van der Waals surface area contributed by atoms with Crippen LogP contribution in [0, 0.1) is 5.92 Å². The molecular weight excluding hydrogens is 292 g/mol. The van der Waals surface area contributed by atoms with Gasteiger partial charge in [-0.3, -0.25) is 9.59 Å². The number of benzene rings is 1. The van der Waals surface area contributed by atoms with Crippen molar-refractivity contribution in [1.29, 1.82) is 0 Å². The van der Waals surface area contributed by atoms with Crippen LogP contribution in [0.1, 0.15) is 30.3 Å². The topological polar surface area (TPSA) is 62.6 Å². The Balaban J connectivity index is 1.68. The minimum atomic E-state index is -0.318. The number of hydrogen-bond acceptors (Lipinski definition) is 4. The largest absolute Gasteiger partial charge is 0.451 e. The van der Waals surface area contributed by atoms with E-state index in [0.29, 0.717) is 23.4 Å². The summed E-state index contributed by atoms with van der Waals surface area (Å²) in [4.78, 5) is 26.7. The van der Waals surface area contributed by atoms with Gasteiger partial charge in [0.1, 0.15) is 5.58 Å². The normalized spacial score (nSPS) is 18.9. The Morgan fingerprint density at radius 1 is 1.39 bits per heavy atom. The average molecular weight is 314 g/mol. The maximum atomic E-state index is 12.3. The van der Waals surface area contributed by atoms with Gasteiger partial charge in [0.15, 0.2) is 11.2 Å². The summed E-state index contributed by atoms with van der Waals surface area (Å²) in [6, 6.07) is 8.24. The molecular formula is C18H22N2O3. The number of nitrogens with zero attached hydrogens (tertiary/aromatic N) is 1. The molecule has 0 spiro atoms. The predicted molar refractivity (Wildman–Crippen MR) is 89.7 cm³/mol. The fourth-order valence-electron chi connectivity index (χ4n) is 3.15. The van der Waals surface area contributed by atoms with Crippen LogP contribution in [0.5, 0.6) is 0 Å². The Kier molecular flexibility index (Phi) is 4.76. The molecule has 0 aliphatic carbocycles. The van der Waals surface area contributed by atoms with Crippen molar-refractivity contribution in [3.63, 3.8) is 0 Å². The summed E-state index contributed by atoms with van der Waals surface area (Å²) in [5.74, 6) is 0.221. The zero-order valence-corrected chi connectivity index (χ0v) is 13.4. The highest BCUT2D eigenvalue weighted by Crippen LogP contribution is 2.16. The van der Waals surface area contributed by atoms with Crippen LogP contribution in [0.3, 0.4) is 0 Å². The highest BCUT2D eigenvalue weighted by atomic mass is 16.3. The van der Waals surface area contributed by atoms with Crippen LogP contribution in [0.4, 0.5) is 0 Å². The predicted octanol–water partition coefficient (Wildman–Crippen LogP) is 2.25. The van der Waals surface area contributed by atoms with Crippen LogP contribution < -0.4 is 10.7 Å². The molecule has 1 atom stereocenters. The summed E-state index contributed by atoms with van der Waals surface area (Å²) in [7, 11) is 0. The molecule has 122 valence electrons. The number of carbonyl (C=O) groups is 1. The first-order valence-corrected chi connectivity index (χ1v) is 8.21. The Hall–Kier alpha value is -2.14. The van der Waals surface area contributed by atoms with E-state index >= 15 is 0 Å². The second kappa shape index (κ2) is 6.96. The number of carbonyl (C=O) groups excluding carboxylic acids is 1. The first-order chi connectivity index (χ1) is 11.2. The molecule has 1 amide bonds. The molecule has 1 saturated heterocycles. The van der Waals surface area contributed by atoms with Crippen molar-refractivity contribution in [3.05, 3.63) is 46.3 Å². The molecule has 2 heterocycles. The third kappa shape index (κ3) is 3.62. The van der Waals surface area contributed by atoms with E-state index in [9.17, 15) is 9.59 Å². The van der Waals surface area contributed by atoms with E-state index < -0.39 is 0 Å². The molecule has 0 unspecified atom stereocenters. The smallest absolute Gasteiger partial charge is 0.287 e. The van der Waals surface area contributed by atoms with Crippen LogP contribution in [0.15, 0.2) is 39.5 Å². The second-order valence-electron chi connectivity index (χ2n) is 6.08. The average Bonchev–Trinajstić information content (AvgIpc) is 2.60. The van der Waals surface area contributed by atoms with E-state index in [0.717, 1.165) is 26.1 Å². The van der Waals surface area contributed by atoms with Crippen molar-refractivity contribution in [2.24, 2.45) is 5.92 Å². The van der Waals surface area contributed by atoms with Gasteiger partial charge in [-0.1, -0.05) is 19.1 Å². The van der Waals surface area contributed by atoms with Crippen molar-refractivity contribution in [2.45, 2.75) is 19.8 Å². The number of amides is 1. The quantitative estimate of drug-likeness (QED) is 0.940. The summed E-state index contributed by atoms with van der Waals surface area (Å²) < 4.78 is 5.56. The second-order valence-corrected chi connectivity index (χ2v) is 6.08. The van der Waals surface area contributed by atoms with Crippen LogP contribution in [0.25, 0.3) is 11.0 Å². The number of hydrogen-bond donors (Lipinski definition) is 1. The maximum absolute atomic E-state index is 12.3. The monoisotopic (exact) mass is 314 g/mol. The zero-order chi connectivity index (χ0) is 16.2. The number of likely N-dealkylation sites (tertiary alicyclic amines) is 1. The number of nitrogens with one attached hydrogen (secondary N) is 1. The third-order valence-electron chi connectivity index (χ3n) is 4.46. The van der Waals surface area contributed by atoms with E-state index in [-0.39, 0.29) is 17.1 Å². The summed E-state index contributed by atoms with van der Waals surface area (Å²) >= 11 is 0. The van der Waals surface area contributed by atoms with E-state index in [4.69, 9.17) is 4.42 Å². The fraction of sp³-hybridized carbons (Fsp3) is 0.444. The SMILES string of the molecule is CCN1CCC[C@@H](CNC(=O)c2cc(=O)c3ccccc3o2)C1. The third-order valence-corrected chi connectivity index (χ3v) is 4.46. The van der Waals surface area contributed by atoms with Gasteiger partial charge in [-0.2, -0.15) is 0 Å². The van der Waals surface area contributed by atoms with E-state index in [1.54, 1.807) is 24.3 Å². The molecule has 1 aromatic carbocycles. The van der Waals surface area contributed by atoms with Gasteiger partial charge in [0.2, 0.25) is 0 Å². The maximum Gasteiger partial charge on any atom is 0.287 e. The van der Waals surface area contributed by atoms with Gasteiger partial charge in [-0.15, -0.1) is 0 Å². The van der Waals surface area contributed by atoms with E-state index in [1.165, 1.54) is 12.5 Å². The van der Waals surface area contributed by atoms with Crippen LogP contribution in [0.2, 0.25) is 0 Å². The molecule has 5 nitrogen and oxygen atoms in total. The van der Waals surface area contributed by atoms with Crippen molar-refractivity contribution in [1.82, 2.24) is 10.2 Å². The van der Waals surface area contributed by atoms with Gasteiger partial charge < -0.3 is 14.6 Å². The first kappa shape index (κ1) is 15.7. The van der Waals surface area contributed by atoms with Crippen molar-refractivity contribution in [2.75, 3.05) is 26.2 Å². The molecule has 5 heteroatoms. The highest BCUT2D eigenvalue weighted by Gasteiger charge is 2.20. The molecule has 0 saturated carbocycles. The Labute approximate surface area is 135 Å². The van der Waals surface area contributed by atoms with Gasteiger partial charge >= 0.3 is 0 Å². The first-order valence-electron chi connectivity index (χ1n) is 8.21. The van der Waals surface area contributed by atoms with Crippen LogP contribution >= 0.6 is 0 Å². The molecule has 1 aromatic heterocycles. The Bertz CT molecular complexity index is 753. The molecule has 1 aliphatic heterocycles. The lowest BCUT2D eigenvalue weighted by Crippen LogP contribution is -2.40. The van der Waals surface area contributed by atoms with Crippen LogP contribution in [-0.2, 0) is 0 Å². The molecule has 1 N–H and O–H groups in total. The standard InChI is InChI=1S/C18H22N2O3/c1-2-20-9-5-6-13(12-20)11-19-18(22)17-10-15(21)14-7-3-4-8-16(14)23-17/h3-4,7-8,10,13H,2,5-6,9,11-12H2,1H3,(H,19,22)/t13-/m0/s1. The lowest BCUT2D eigenvalue weighted by molar-refractivity contribution is 0.0906. The van der Waals surface area contributed by atoms with E-state index in [1.807, 2.05) is 0 Å². The number of para-hydroxylation sites is 1. The fourth-order valence-corrected chi connectivity index (χ4v) is 3.15. The summed E-state index contributed by atoms with van der Waals surface area (Å²) in [5, 5.41) is 3.40. The van der Waals surface area contributed by atoms with Gasteiger partial charge in [0.05, 0.1) is 5.39 Å². The van der Waals surface area contributed by atoms with E-state index in [2.05, 4.69) is 17.1 Å². The molecule has 0 radical (unpaired) electrons. The Morgan fingerprint density at radius 2 is 2.22 bits per heavy atom. The van der Waals surface area contributed by atoms with Gasteiger partial charge in [0, 0.05) is 19.2 Å². The van der Waals surface area contributed by atoms with Gasteiger partial charge in [-0.05, 0) is 44.0 Å². The van der Waals surface area contributed by atoms with Gasteiger partial charge in [0.25, 0.3) is 5.91 Å². The van der Waals surface area contributed by atoms with Gasteiger partial charge in [-0.25, -0.2) is 0 Å².